The Bertz CT molecular complexity index is 113. The maximum atomic E-state index is 3.77. The van der Waals surface area contributed by atoms with Crippen LogP contribution in [0.2, 0.25) is 0 Å². The third-order valence-electron chi connectivity index (χ3n) is 1.96. The molecule has 0 saturated heterocycles. The quantitative estimate of drug-likeness (QED) is 0.469. The van der Waals surface area contributed by atoms with Gasteiger partial charge in [0.15, 0.2) is 0 Å². The number of nitrogens with one attached hydrogen (secondary N) is 1. The van der Waals surface area contributed by atoms with Gasteiger partial charge in [-0.05, 0) is 25.9 Å². The summed E-state index contributed by atoms with van der Waals surface area (Å²) in [6, 6.07) is 0. The van der Waals surface area contributed by atoms with Crippen molar-refractivity contribution >= 4 is 0 Å². The van der Waals surface area contributed by atoms with Gasteiger partial charge in [-0.1, -0.05) is 33.8 Å². The maximum absolute atomic E-state index is 3.77. The average molecular weight is 214 g/mol. The summed E-state index contributed by atoms with van der Waals surface area (Å²) in [6.07, 6.45) is 4.42. The predicted octanol–water partition coefficient (Wildman–Crippen LogP) is 2.91. The van der Waals surface area contributed by atoms with Gasteiger partial charge in [0.2, 0.25) is 0 Å². The lowest BCUT2D eigenvalue weighted by Crippen LogP contribution is -2.33. The van der Waals surface area contributed by atoms with Crippen molar-refractivity contribution in [2.75, 3.05) is 32.7 Å². The average Bonchev–Trinajstić information content (AvgIpc) is 2.28. The van der Waals surface area contributed by atoms with Crippen molar-refractivity contribution in [2.24, 2.45) is 0 Å². The molecule has 0 spiro atoms. The van der Waals surface area contributed by atoms with E-state index in [0.29, 0.717) is 0 Å². The Morgan fingerprint density at radius 2 is 1.73 bits per heavy atom. The Balaban J connectivity index is 0. The van der Waals surface area contributed by atoms with Crippen LogP contribution in [-0.2, 0) is 0 Å². The van der Waals surface area contributed by atoms with Crippen LogP contribution in [0.3, 0.4) is 0 Å². The van der Waals surface area contributed by atoms with E-state index in [0.717, 1.165) is 26.2 Å². The summed E-state index contributed by atoms with van der Waals surface area (Å²) in [7, 11) is 0. The SMILES string of the molecule is C=CCN(CCC)CCNCCC.CC. The molecule has 0 aromatic heterocycles. The van der Waals surface area contributed by atoms with Crippen molar-refractivity contribution in [3.8, 4) is 0 Å². The molecule has 0 saturated carbocycles. The molecular weight excluding hydrogens is 184 g/mol. The molecule has 1 N–H and O–H groups in total. The third kappa shape index (κ3) is 13.7. The number of nitrogens with zero attached hydrogens (tertiary/aromatic N) is 1. The van der Waals surface area contributed by atoms with Crippen molar-refractivity contribution < 1.29 is 0 Å². The molecule has 0 aromatic rings. The standard InChI is InChI=1S/C11H24N2.C2H6/c1-4-7-12-8-11-13(9-5-2)10-6-3;1-2/h5,12H,2,4,6-11H2,1,3H3;1-2H3. The molecule has 0 aromatic carbocycles. The van der Waals surface area contributed by atoms with Crippen LogP contribution in [0.1, 0.15) is 40.5 Å². The second kappa shape index (κ2) is 16.1. The molecule has 92 valence electrons. The molecule has 0 fully saturated rings. The Morgan fingerprint density at radius 3 is 2.20 bits per heavy atom. The Kier molecular flexibility index (Phi) is 18.3. The van der Waals surface area contributed by atoms with Gasteiger partial charge in [0, 0.05) is 19.6 Å². The zero-order valence-electron chi connectivity index (χ0n) is 11.2. The van der Waals surface area contributed by atoms with Crippen LogP contribution in [-0.4, -0.2) is 37.6 Å². The van der Waals surface area contributed by atoms with Gasteiger partial charge in [0.05, 0.1) is 0 Å². The third-order valence-corrected chi connectivity index (χ3v) is 1.96. The van der Waals surface area contributed by atoms with Gasteiger partial charge in [0.25, 0.3) is 0 Å². The van der Waals surface area contributed by atoms with Gasteiger partial charge in [-0.15, -0.1) is 6.58 Å². The van der Waals surface area contributed by atoms with E-state index >= 15 is 0 Å². The molecule has 15 heavy (non-hydrogen) atoms. The first kappa shape index (κ1) is 17.1. The molecule has 0 aliphatic carbocycles. The van der Waals surface area contributed by atoms with Crippen LogP contribution in [0.25, 0.3) is 0 Å². The van der Waals surface area contributed by atoms with Crippen molar-refractivity contribution in [3.63, 3.8) is 0 Å². The van der Waals surface area contributed by atoms with Gasteiger partial charge < -0.3 is 5.32 Å². The molecular formula is C13H30N2. The summed E-state index contributed by atoms with van der Waals surface area (Å²) < 4.78 is 0. The van der Waals surface area contributed by atoms with E-state index in [1.165, 1.54) is 19.4 Å². The maximum Gasteiger partial charge on any atom is 0.0161 e. The minimum atomic E-state index is 1.02. The molecule has 0 radical (unpaired) electrons. The summed E-state index contributed by atoms with van der Waals surface area (Å²) >= 11 is 0. The summed E-state index contributed by atoms with van der Waals surface area (Å²) in [5, 5.41) is 3.41. The molecule has 0 aliphatic heterocycles. The molecule has 0 unspecified atom stereocenters. The number of rotatable bonds is 9. The van der Waals surface area contributed by atoms with Crippen molar-refractivity contribution in [2.45, 2.75) is 40.5 Å². The second-order valence-corrected chi connectivity index (χ2v) is 3.34. The fourth-order valence-electron chi connectivity index (χ4n) is 1.33. The van der Waals surface area contributed by atoms with Crippen LogP contribution in [0.4, 0.5) is 0 Å². The molecule has 0 bridgehead atoms. The second-order valence-electron chi connectivity index (χ2n) is 3.34. The van der Waals surface area contributed by atoms with Crippen molar-refractivity contribution in [1.29, 1.82) is 0 Å². The van der Waals surface area contributed by atoms with Gasteiger partial charge in [-0.25, -0.2) is 0 Å². The van der Waals surface area contributed by atoms with Crippen LogP contribution >= 0.6 is 0 Å². The van der Waals surface area contributed by atoms with Gasteiger partial charge in [-0.3, -0.25) is 4.90 Å². The molecule has 0 aliphatic rings. The van der Waals surface area contributed by atoms with Crippen molar-refractivity contribution in [3.05, 3.63) is 12.7 Å². The minimum Gasteiger partial charge on any atom is -0.315 e. The largest absolute Gasteiger partial charge is 0.315 e. The fraction of sp³-hybridized carbons (Fsp3) is 0.846. The Hall–Kier alpha value is -0.340. The van der Waals surface area contributed by atoms with E-state index < -0.39 is 0 Å². The summed E-state index contributed by atoms with van der Waals surface area (Å²) in [4.78, 5) is 2.43. The van der Waals surface area contributed by atoms with Crippen LogP contribution < -0.4 is 5.32 Å². The summed E-state index contributed by atoms with van der Waals surface area (Å²) in [5.74, 6) is 0. The lowest BCUT2D eigenvalue weighted by Gasteiger charge is -2.19. The summed E-state index contributed by atoms with van der Waals surface area (Å²) in [6.45, 7) is 17.7. The normalized spacial score (nSPS) is 9.67. The fourth-order valence-corrected chi connectivity index (χ4v) is 1.33. The Morgan fingerprint density at radius 1 is 1.07 bits per heavy atom. The van der Waals surface area contributed by atoms with E-state index in [1.807, 2.05) is 19.9 Å². The highest BCUT2D eigenvalue weighted by Crippen LogP contribution is 1.90. The molecule has 0 rings (SSSR count). The van der Waals surface area contributed by atoms with Gasteiger partial charge >= 0.3 is 0 Å². The van der Waals surface area contributed by atoms with E-state index in [1.54, 1.807) is 0 Å². The highest BCUT2D eigenvalue weighted by Gasteiger charge is 1.99. The molecule has 0 amide bonds. The Labute approximate surface area is 96.7 Å². The first-order chi connectivity index (χ1) is 7.35. The van der Waals surface area contributed by atoms with Crippen LogP contribution in [0.15, 0.2) is 12.7 Å². The van der Waals surface area contributed by atoms with E-state index in [9.17, 15) is 0 Å². The van der Waals surface area contributed by atoms with Crippen LogP contribution in [0.5, 0.6) is 0 Å². The zero-order chi connectivity index (χ0) is 11.9. The van der Waals surface area contributed by atoms with E-state index in [-0.39, 0.29) is 0 Å². The predicted molar refractivity (Wildman–Crippen MR) is 71.4 cm³/mol. The number of hydrogen-bond donors (Lipinski definition) is 1. The van der Waals surface area contributed by atoms with Gasteiger partial charge in [-0.2, -0.15) is 0 Å². The van der Waals surface area contributed by atoms with Gasteiger partial charge in [0.1, 0.15) is 0 Å². The van der Waals surface area contributed by atoms with Crippen molar-refractivity contribution in [1.82, 2.24) is 10.2 Å². The molecule has 0 atom stereocenters. The minimum absolute atomic E-state index is 1.02. The van der Waals surface area contributed by atoms with Crippen LogP contribution in [0, 0.1) is 0 Å². The molecule has 0 heterocycles. The topological polar surface area (TPSA) is 15.3 Å². The zero-order valence-corrected chi connectivity index (χ0v) is 11.2. The summed E-state index contributed by atoms with van der Waals surface area (Å²) in [5.41, 5.74) is 0. The first-order valence-corrected chi connectivity index (χ1v) is 6.39. The smallest absolute Gasteiger partial charge is 0.0161 e. The lowest BCUT2D eigenvalue weighted by atomic mass is 10.4. The van der Waals surface area contributed by atoms with E-state index in [2.05, 4.69) is 30.6 Å². The highest BCUT2D eigenvalue weighted by molar-refractivity contribution is 4.73. The lowest BCUT2D eigenvalue weighted by molar-refractivity contribution is 0.302. The number of hydrogen-bond acceptors (Lipinski definition) is 2. The highest BCUT2D eigenvalue weighted by atomic mass is 15.1. The monoisotopic (exact) mass is 214 g/mol. The first-order valence-electron chi connectivity index (χ1n) is 6.39. The molecule has 2 nitrogen and oxygen atoms in total. The van der Waals surface area contributed by atoms with E-state index in [4.69, 9.17) is 0 Å². The molecule has 2 heteroatoms.